The monoisotopic (exact) mass is 278 g/mol. The van der Waals surface area contributed by atoms with E-state index < -0.39 is 17.9 Å². The molecular formula is C12H13F3O4. The summed E-state index contributed by atoms with van der Waals surface area (Å²) in [7, 11) is 1.47. The first-order chi connectivity index (χ1) is 8.94. The van der Waals surface area contributed by atoms with E-state index in [1.54, 1.807) is 0 Å². The van der Waals surface area contributed by atoms with Gasteiger partial charge in [-0.25, -0.2) is 0 Å². The third-order valence-corrected chi connectivity index (χ3v) is 2.08. The number of methoxy groups -OCH3 is 1. The van der Waals surface area contributed by atoms with Crippen molar-refractivity contribution in [3.05, 3.63) is 29.8 Å². The van der Waals surface area contributed by atoms with Gasteiger partial charge < -0.3 is 14.2 Å². The minimum Gasteiger partial charge on any atom is -0.405 e. The fourth-order valence-electron chi connectivity index (χ4n) is 1.30. The highest BCUT2D eigenvalue weighted by Gasteiger charge is 2.32. The molecule has 1 aromatic rings. The zero-order valence-corrected chi connectivity index (χ0v) is 10.2. The van der Waals surface area contributed by atoms with Crippen molar-refractivity contribution in [2.45, 2.75) is 6.36 Å². The number of hydrogen-bond donors (Lipinski definition) is 0. The van der Waals surface area contributed by atoms with Crippen molar-refractivity contribution in [1.29, 1.82) is 0 Å². The topological polar surface area (TPSA) is 44.8 Å². The van der Waals surface area contributed by atoms with Crippen molar-refractivity contribution in [2.24, 2.45) is 0 Å². The zero-order valence-electron chi connectivity index (χ0n) is 10.2. The molecule has 0 aliphatic carbocycles. The van der Waals surface area contributed by atoms with Crippen molar-refractivity contribution in [3.63, 3.8) is 0 Å². The van der Waals surface area contributed by atoms with Crippen molar-refractivity contribution >= 4 is 5.78 Å². The molecule has 0 radical (unpaired) electrons. The molecule has 0 bridgehead atoms. The Hall–Kier alpha value is -1.60. The van der Waals surface area contributed by atoms with Gasteiger partial charge in [0.1, 0.15) is 12.4 Å². The van der Waals surface area contributed by atoms with Gasteiger partial charge >= 0.3 is 6.36 Å². The zero-order chi connectivity index (χ0) is 14.3. The Morgan fingerprint density at radius 3 is 2.53 bits per heavy atom. The predicted octanol–water partition coefficient (Wildman–Crippen LogP) is 2.43. The maximum absolute atomic E-state index is 12.2. The number of Topliss-reactive ketones (excluding diaryl/α,β-unsaturated/α-hetero) is 1. The molecule has 0 unspecified atom stereocenters. The summed E-state index contributed by atoms with van der Waals surface area (Å²) in [6, 6.07) is 5.13. The highest BCUT2D eigenvalue weighted by atomic mass is 19.4. The van der Waals surface area contributed by atoms with Gasteiger partial charge in [0.05, 0.1) is 18.8 Å². The first-order valence-electron chi connectivity index (χ1n) is 5.38. The minimum absolute atomic E-state index is 0.169. The molecule has 0 atom stereocenters. The molecular weight excluding hydrogens is 265 g/mol. The summed E-state index contributed by atoms with van der Waals surface area (Å²) in [6.45, 7) is 0.153. The van der Waals surface area contributed by atoms with E-state index in [0.717, 1.165) is 6.07 Å². The first-order valence-corrected chi connectivity index (χ1v) is 5.38. The highest BCUT2D eigenvalue weighted by Crippen LogP contribution is 2.26. The summed E-state index contributed by atoms with van der Waals surface area (Å²) in [5.74, 6) is -1.12. The Balaban J connectivity index is 2.68. The summed E-state index contributed by atoms with van der Waals surface area (Å²) >= 11 is 0. The van der Waals surface area contributed by atoms with Crippen LogP contribution in [0.3, 0.4) is 0 Å². The van der Waals surface area contributed by atoms with Gasteiger partial charge in [-0.1, -0.05) is 12.1 Å². The summed E-state index contributed by atoms with van der Waals surface area (Å²) in [5.41, 5.74) is -0.169. The van der Waals surface area contributed by atoms with Crippen molar-refractivity contribution in [1.82, 2.24) is 0 Å². The van der Waals surface area contributed by atoms with Gasteiger partial charge in [-0.2, -0.15) is 0 Å². The second-order valence-corrected chi connectivity index (χ2v) is 3.51. The molecule has 0 heterocycles. The Morgan fingerprint density at radius 1 is 1.21 bits per heavy atom. The van der Waals surface area contributed by atoms with E-state index in [0.29, 0.717) is 6.61 Å². The molecule has 0 aliphatic rings. The van der Waals surface area contributed by atoms with Crippen molar-refractivity contribution in [2.75, 3.05) is 26.9 Å². The first kappa shape index (κ1) is 15.5. The normalized spacial score (nSPS) is 11.4. The largest absolute Gasteiger partial charge is 0.573 e. The van der Waals surface area contributed by atoms with E-state index in [-0.39, 0.29) is 18.8 Å². The van der Waals surface area contributed by atoms with Crippen LogP contribution in [0.4, 0.5) is 13.2 Å². The molecule has 0 aliphatic heterocycles. The average molecular weight is 278 g/mol. The molecule has 0 spiro atoms. The van der Waals surface area contributed by atoms with Crippen LogP contribution in [0, 0.1) is 0 Å². The van der Waals surface area contributed by atoms with Crippen LogP contribution in [0.5, 0.6) is 5.75 Å². The number of benzene rings is 1. The number of hydrogen-bond acceptors (Lipinski definition) is 4. The number of ketones is 1. The number of alkyl halides is 3. The smallest absolute Gasteiger partial charge is 0.405 e. The molecule has 1 rings (SSSR count). The molecule has 0 amide bonds. The fraction of sp³-hybridized carbons (Fsp3) is 0.417. The molecule has 0 N–H and O–H groups in total. The summed E-state index contributed by atoms with van der Waals surface area (Å²) in [4.78, 5) is 11.7. The maximum Gasteiger partial charge on any atom is 0.573 e. The van der Waals surface area contributed by atoms with Gasteiger partial charge in [-0.05, 0) is 12.1 Å². The number of halogens is 3. The lowest BCUT2D eigenvalue weighted by Gasteiger charge is -2.12. The Morgan fingerprint density at radius 2 is 1.89 bits per heavy atom. The number of ether oxygens (including phenoxy) is 3. The number of carbonyl (C=O) groups is 1. The van der Waals surface area contributed by atoms with Gasteiger partial charge in [0.2, 0.25) is 0 Å². The number of para-hydroxylation sites is 1. The molecule has 1 aromatic carbocycles. The molecule has 0 aromatic heterocycles. The Kier molecular flexibility index (Phi) is 5.78. The van der Waals surface area contributed by atoms with Gasteiger partial charge in [-0.3, -0.25) is 4.79 Å². The van der Waals surface area contributed by atoms with E-state index in [9.17, 15) is 18.0 Å². The SMILES string of the molecule is COCCOCC(=O)c1ccccc1OC(F)(F)F. The second-order valence-electron chi connectivity index (χ2n) is 3.51. The number of carbonyl (C=O) groups excluding carboxylic acids is 1. The Bertz CT molecular complexity index is 418. The van der Waals surface area contributed by atoms with Crippen LogP contribution in [0.2, 0.25) is 0 Å². The van der Waals surface area contributed by atoms with Crippen molar-refractivity contribution < 1.29 is 32.2 Å². The lowest BCUT2D eigenvalue weighted by atomic mass is 10.1. The lowest BCUT2D eigenvalue weighted by molar-refractivity contribution is -0.274. The lowest BCUT2D eigenvalue weighted by Crippen LogP contribution is -2.20. The molecule has 19 heavy (non-hydrogen) atoms. The minimum atomic E-state index is -4.84. The Labute approximate surface area is 108 Å². The number of rotatable bonds is 7. The van der Waals surface area contributed by atoms with Crippen LogP contribution < -0.4 is 4.74 Å². The van der Waals surface area contributed by atoms with Crippen molar-refractivity contribution in [3.8, 4) is 5.75 Å². The third-order valence-electron chi connectivity index (χ3n) is 2.08. The molecule has 0 saturated carbocycles. The second kappa shape index (κ2) is 7.10. The maximum atomic E-state index is 12.2. The fourth-order valence-corrected chi connectivity index (χ4v) is 1.30. The van der Waals surface area contributed by atoms with Gasteiger partial charge in [0.25, 0.3) is 0 Å². The quantitative estimate of drug-likeness (QED) is 0.567. The van der Waals surface area contributed by atoms with Crippen LogP contribution in [0.25, 0.3) is 0 Å². The molecule has 7 heteroatoms. The molecule has 0 fully saturated rings. The van der Waals surface area contributed by atoms with Gasteiger partial charge in [-0.15, -0.1) is 13.2 Å². The molecule has 4 nitrogen and oxygen atoms in total. The average Bonchev–Trinajstić information content (AvgIpc) is 2.33. The summed E-state index contributed by atoms with van der Waals surface area (Å²) in [5, 5.41) is 0. The third kappa shape index (κ3) is 5.71. The highest BCUT2D eigenvalue weighted by molar-refractivity contribution is 5.99. The van der Waals surface area contributed by atoms with E-state index >= 15 is 0 Å². The van der Waals surface area contributed by atoms with Gasteiger partial charge in [0.15, 0.2) is 5.78 Å². The van der Waals surface area contributed by atoms with Crippen LogP contribution >= 0.6 is 0 Å². The standard InChI is InChI=1S/C12H13F3O4/c1-17-6-7-18-8-10(16)9-4-2-3-5-11(9)19-12(13,14)15/h2-5H,6-8H2,1H3. The van der Waals surface area contributed by atoms with Crippen LogP contribution in [0.15, 0.2) is 24.3 Å². The van der Waals surface area contributed by atoms with E-state index in [1.807, 2.05) is 0 Å². The molecule has 106 valence electrons. The van der Waals surface area contributed by atoms with Crippen LogP contribution in [-0.4, -0.2) is 39.1 Å². The van der Waals surface area contributed by atoms with Crippen LogP contribution in [-0.2, 0) is 9.47 Å². The van der Waals surface area contributed by atoms with E-state index in [1.165, 1.54) is 25.3 Å². The summed E-state index contributed by atoms with van der Waals surface area (Å²) in [6.07, 6.45) is -4.84. The van der Waals surface area contributed by atoms with Gasteiger partial charge in [0, 0.05) is 7.11 Å². The van der Waals surface area contributed by atoms with E-state index in [2.05, 4.69) is 4.74 Å². The molecule has 0 saturated heterocycles. The van der Waals surface area contributed by atoms with E-state index in [4.69, 9.17) is 9.47 Å². The predicted molar refractivity (Wildman–Crippen MR) is 60.2 cm³/mol. The summed E-state index contributed by atoms with van der Waals surface area (Å²) < 4.78 is 49.9. The van der Waals surface area contributed by atoms with Crippen LogP contribution in [0.1, 0.15) is 10.4 Å².